The third-order valence-electron chi connectivity index (χ3n) is 6.26. The summed E-state index contributed by atoms with van der Waals surface area (Å²) in [5.74, 6) is 1.01. The zero-order chi connectivity index (χ0) is 22.2. The summed E-state index contributed by atoms with van der Waals surface area (Å²) in [6.45, 7) is 5.10. The molecule has 2 aromatic rings. The van der Waals surface area contributed by atoms with Gasteiger partial charge in [-0.05, 0) is 49.8 Å². The van der Waals surface area contributed by atoms with Crippen LogP contribution in [0, 0.1) is 5.92 Å². The van der Waals surface area contributed by atoms with E-state index in [-0.39, 0.29) is 17.6 Å². The van der Waals surface area contributed by atoms with Gasteiger partial charge in [0.2, 0.25) is 0 Å². The smallest absolute Gasteiger partial charge is 0.267 e. The Bertz CT molecular complexity index is 1160. The van der Waals surface area contributed by atoms with Crippen molar-refractivity contribution in [1.29, 1.82) is 0 Å². The van der Waals surface area contributed by atoms with Gasteiger partial charge in [0.05, 0.1) is 23.1 Å². The molecule has 0 saturated carbocycles. The maximum atomic E-state index is 13.5. The highest BCUT2D eigenvalue weighted by Crippen LogP contribution is 2.35. The molecule has 0 aromatic carbocycles. The lowest BCUT2D eigenvalue weighted by Gasteiger charge is -2.32. The van der Waals surface area contributed by atoms with Crippen LogP contribution in [0.15, 0.2) is 34.1 Å². The highest BCUT2D eigenvalue weighted by Gasteiger charge is 2.35. The second-order valence-electron chi connectivity index (χ2n) is 8.70. The van der Waals surface area contributed by atoms with E-state index in [2.05, 4.69) is 11.8 Å². The van der Waals surface area contributed by atoms with Crippen molar-refractivity contribution in [3.63, 3.8) is 0 Å². The zero-order valence-corrected chi connectivity index (χ0v) is 19.7. The number of thioether (sulfide) groups is 1. The first-order chi connectivity index (χ1) is 15.5. The Morgan fingerprint density at radius 3 is 2.94 bits per heavy atom. The number of nitrogens with zero attached hydrogens (tertiary/aromatic N) is 4. The fraction of sp³-hybridized carbons (Fsp3) is 0.478. The first-order valence-corrected chi connectivity index (χ1v) is 12.4. The Morgan fingerprint density at radius 1 is 1.28 bits per heavy atom. The number of hydrogen-bond donors (Lipinski definition) is 0. The van der Waals surface area contributed by atoms with Crippen LogP contribution in [-0.4, -0.2) is 56.9 Å². The molecule has 2 atom stereocenters. The summed E-state index contributed by atoms with van der Waals surface area (Å²) in [6, 6.07) is 5.52. The minimum Gasteiger partial charge on any atom is -0.376 e. The molecule has 0 spiro atoms. The molecule has 32 heavy (non-hydrogen) atoms. The summed E-state index contributed by atoms with van der Waals surface area (Å²) in [5.41, 5.74) is 0.877. The molecule has 3 fully saturated rings. The van der Waals surface area contributed by atoms with Crippen molar-refractivity contribution in [2.75, 3.05) is 31.1 Å². The summed E-state index contributed by atoms with van der Waals surface area (Å²) in [6.07, 6.45) is 7.59. The van der Waals surface area contributed by atoms with Gasteiger partial charge < -0.3 is 9.64 Å². The van der Waals surface area contributed by atoms with E-state index >= 15 is 0 Å². The number of carbonyl (C=O) groups is 1. The van der Waals surface area contributed by atoms with Gasteiger partial charge in [0.15, 0.2) is 0 Å². The van der Waals surface area contributed by atoms with Crippen molar-refractivity contribution >= 4 is 51.7 Å². The van der Waals surface area contributed by atoms with Crippen LogP contribution < -0.4 is 10.5 Å². The van der Waals surface area contributed by atoms with E-state index in [4.69, 9.17) is 21.9 Å². The largest absolute Gasteiger partial charge is 0.376 e. The van der Waals surface area contributed by atoms with Crippen molar-refractivity contribution in [1.82, 2.24) is 14.3 Å². The normalized spacial score (nSPS) is 25.5. The molecule has 3 aliphatic rings. The standard InChI is InChI=1S/C23H26N4O3S2/c1-15-6-4-9-25(13-15)20-17(21(28)26-10-3-2-8-19(26)24-20)12-18-22(29)27(23(31)32-18)14-16-7-5-11-30-16/h2-3,8,10,12,15-16H,4-7,9,11,13-14H2,1H3/b18-12+. The maximum Gasteiger partial charge on any atom is 0.267 e. The molecule has 2 unspecified atom stereocenters. The summed E-state index contributed by atoms with van der Waals surface area (Å²) in [7, 11) is 0. The second-order valence-corrected chi connectivity index (χ2v) is 10.4. The topological polar surface area (TPSA) is 67.2 Å². The molecule has 7 nitrogen and oxygen atoms in total. The van der Waals surface area contributed by atoms with Gasteiger partial charge in [0.1, 0.15) is 15.8 Å². The Labute approximate surface area is 196 Å². The van der Waals surface area contributed by atoms with Crippen LogP contribution in [0.3, 0.4) is 0 Å². The zero-order valence-electron chi connectivity index (χ0n) is 18.0. The van der Waals surface area contributed by atoms with E-state index in [9.17, 15) is 9.59 Å². The Hall–Kier alpha value is -2.23. The minimum absolute atomic E-state index is 0.0233. The minimum atomic E-state index is -0.173. The molecular formula is C23H26N4O3S2. The van der Waals surface area contributed by atoms with Crippen molar-refractivity contribution in [3.05, 3.63) is 45.2 Å². The van der Waals surface area contributed by atoms with E-state index in [1.165, 1.54) is 22.6 Å². The van der Waals surface area contributed by atoms with Crippen LogP contribution in [0.25, 0.3) is 11.7 Å². The molecule has 9 heteroatoms. The predicted octanol–water partition coefficient (Wildman–Crippen LogP) is 3.31. The van der Waals surface area contributed by atoms with Gasteiger partial charge in [-0.25, -0.2) is 4.98 Å². The number of fused-ring (bicyclic) bond motifs is 1. The molecular weight excluding hydrogens is 444 g/mol. The van der Waals surface area contributed by atoms with Gasteiger partial charge in [0, 0.05) is 25.9 Å². The fourth-order valence-corrected chi connectivity index (χ4v) is 5.88. The molecule has 0 bridgehead atoms. The molecule has 0 N–H and O–H groups in total. The van der Waals surface area contributed by atoms with E-state index in [0.717, 1.165) is 39.0 Å². The van der Waals surface area contributed by atoms with Crippen LogP contribution in [-0.2, 0) is 9.53 Å². The SMILES string of the molecule is CC1CCCN(c2nc3ccccn3c(=O)c2/C=C2/SC(=S)N(CC3CCCO3)C2=O)C1. The average molecular weight is 471 g/mol. The Kier molecular flexibility index (Phi) is 6.05. The van der Waals surface area contributed by atoms with Crippen LogP contribution in [0.1, 0.15) is 38.2 Å². The molecule has 5 heterocycles. The number of rotatable bonds is 4. The highest BCUT2D eigenvalue weighted by atomic mass is 32.2. The van der Waals surface area contributed by atoms with Gasteiger partial charge in [-0.1, -0.05) is 37.0 Å². The maximum absolute atomic E-state index is 13.5. The molecule has 0 radical (unpaired) electrons. The van der Waals surface area contributed by atoms with E-state index in [1.54, 1.807) is 17.2 Å². The van der Waals surface area contributed by atoms with E-state index in [0.29, 0.717) is 38.7 Å². The quantitative estimate of drug-likeness (QED) is 0.502. The lowest BCUT2D eigenvalue weighted by Crippen LogP contribution is -2.37. The number of carbonyl (C=O) groups excluding carboxylic acids is 1. The number of anilines is 1. The number of pyridine rings is 1. The molecule has 0 aliphatic carbocycles. The summed E-state index contributed by atoms with van der Waals surface area (Å²) < 4.78 is 7.74. The molecule has 2 aromatic heterocycles. The monoisotopic (exact) mass is 470 g/mol. The van der Waals surface area contributed by atoms with Crippen molar-refractivity contribution < 1.29 is 9.53 Å². The van der Waals surface area contributed by atoms with Crippen LogP contribution in [0.4, 0.5) is 5.82 Å². The molecule has 3 saturated heterocycles. The van der Waals surface area contributed by atoms with Crippen LogP contribution in [0.2, 0.25) is 0 Å². The van der Waals surface area contributed by atoms with Crippen molar-refractivity contribution in [2.24, 2.45) is 5.92 Å². The molecule has 168 valence electrons. The lowest BCUT2D eigenvalue weighted by molar-refractivity contribution is -0.123. The first kappa shape index (κ1) is 21.6. The van der Waals surface area contributed by atoms with Crippen molar-refractivity contribution in [2.45, 2.75) is 38.7 Å². The summed E-state index contributed by atoms with van der Waals surface area (Å²) in [5, 5.41) is 0. The van der Waals surface area contributed by atoms with E-state index < -0.39 is 0 Å². The number of piperidine rings is 1. The van der Waals surface area contributed by atoms with Gasteiger partial charge in [-0.2, -0.15) is 0 Å². The third-order valence-corrected chi connectivity index (χ3v) is 7.64. The lowest BCUT2D eigenvalue weighted by atomic mass is 10.00. The highest BCUT2D eigenvalue weighted by molar-refractivity contribution is 8.26. The van der Waals surface area contributed by atoms with Gasteiger partial charge in [-0.3, -0.25) is 18.9 Å². The van der Waals surface area contributed by atoms with Crippen molar-refractivity contribution in [3.8, 4) is 0 Å². The molecule has 5 rings (SSSR count). The number of hydrogen-bond acceptors (Lipinski definition) is 7. The van der Waals surface area contributed by atoms with Gasteiger partial charge in [0.25, 0.3) is 11.5 Å². The Morgan fingerprint density at radius 2 is 2.16 bits per heavy atom. The van der Waals surface area contributed by atoms with Crippen LogP contribution >= 0.6 is 24.0 Å². The average Bonchev–Trinajstić information content (AvgIpc) is 3.39. The van der Waals surface area contributed by atoms with Gasteiger partial charge >= 0.3 is 0 Å². The predicted molar refractivity (Wildman–Crippen MR) is 131 cm³/mol. The van der Waals surface area contributed by atoms with E-state index in [1.807, 2.05) is 18.2 Å². The first-order valence-electron chi connectivity index (χ1n) is 11.1. The number of amides is 1. The summed E-state index contributed by atoms with van der Waals surface area (Å²) in [4.78, 5) is 35.7. The number of aromatic nitrogens is 2. The second kappa shape index (κ2) is 8.96. The fourth-order valence-electron chi connectivity index (χ4n) is 4.62. The van der Waals surface area contributed by atoms with Crippen LogP contribution in [0.5, 0.6) is 0 Å². The van der Waals surface area contributed by atoms with Gasteiger partial charge in [-0.15, -0.1) is 0 Å². The Balaban J connectivity index is 1.55. The molecule has 3 aliphatic heterocycles. The number of thiocarbonyl (C=S) groups is 1. The number of ether oxygens (including phenoxy) is 1. The third kappa shape index (κ3) is 4.09. The summed E-state index contributed by atoms with van der Waals surface area (Å²) >= 11 is 6.74. The molecule has 1 amide bonds.